The first-order valence-electron chi connectivity index (χ1n) is 5.94. The lowest BCUT2D eigenvalue weighted by Crippen LogP contribution is -2.26. The quantitative estimate of drug-likeness (QED) is 0.710. The number of hydrogen-bond donors (Lipinski definition) is 3. The van der Waals surface area contributed by atoms with Crippen molar-refractivity contribution >= 4 is 29.3 Å². The molecule has 1 rings (SSSR count). The molecule has 0 saturated carbocycles. The van der Waals surface area contributed by atoms with Gasteiger partial charge in [0.1, 0.15) is 5.82 Å². The Balaban J connectivity index is 2.45. The van der Waals surface area contributed by atoms with Crippen LogP contribution in [0.15, 0.2) is 12.3 Å². The highest BCUT2D eigenvalue weighted by molar-refractivity contribution is 6.33. The molecule has 0 unspecified atom stereocenters. The predicted molar refractivity (Wildman–Crippen MR) is 72.6 cm³/mol. The lowest BCUT2D eigenvalue weighted by molar-refractivity contribution is -0.120. The molecule has 0 fully saturated rings. The third-order valence-electron chi connectivity index (χ3n) is 2.30. The van der Waals surface area contributed by atoms with Crippen LogP contribution < -0.4 is 10.6 Å². The zero-order chi connectivity index (χ0) is 14.3. The van der Waals surface area contributed by atoms with Crippen molar-refractivity contribution in [3.63, 3.8) is 0 Å². The number of halogens is 1. The number of carbonyl (C=O) groups excluding carboxylic acids is 1. The van der Waals surface area contributed by atoms with Gasteiger partial charge in [0.2, 0.25) is 5.91 Å². The highest BCUT2D eigenvalue weighted by atomic mass is 35.5. The van der Waals surface area contributed by atoms with Gasteiger partial charge in [-0.2, -0.15) is 0 Å². The second-order valence-electron chi connectivity index (χ2n) is 3.89. The molecule has 0 bridgehead atoms. The van der Waals surface area contributed by atoms with Gasteiger partial charge >= 0.3 is 5.97 Å². The van der Waals surface area contributed by atoms with Gasteiger partial charge < -0.3 is 15.7 Å². The normalized spacial score (nSPS) is 10.0. The van der Waals surface area contributed by atoms with Gasteiger partial charge in [-0.3, -0.25) is 4.79 Å². The topological polar surface area (TPSA) is 91.3 Å². The van der Waals surface area contributed by atoms with Crippen LogP contribution in [0.5, 0.6) is 0 Å². The summed E-state index contributed by atoms with van der Waals surface area (Å²) in [4.78, 5) is 25.9. The smallest absolute Gasteiger partial charge is 0.337 e. The Kier molecular flexibility index (Phi) is 6.08. The number of carbonyl (C=O) groups is 2. The van der Waals surface area contributed by atoms with Crippen molar-refractivity contribution in [2.45, 2.75) is 19.8 Å². The van der Waals surface area contributed by atoms with Crippen LogP contribution in [0.3, 0.4) is 0 Å². The van der Waals surface area contributed by atoms with Gasteiger partial charge in [0.15, 0.2) is 0 Å². The Hall–Kier alpha value is -1.82. The van der Waals surface area contributed by atoms with E-state index in [1.165, 1.54) is 12.3 Å². The van der Waals surface area contributed by atoms with Crippen LogP contribution in [0.1, 0.15) is 30.1 Å². The van der Waals surface area contributed by atoms with Gasteiger partial charge in [-0.05, 0) is 12.5 Å². The molecule has 0 spiro atoms. The maximum Gasteiger partial charge on any atom is 0.337 e. The molecule has 0 radical (unpaired) electrons. The van der Waals surface area contributed by atoms with Crippen LogP contribution in [0.4, 0.5) is 5.82 Å². The molecule has 0 aliphatic carbocycles. The van der Waals surface area contributed by atoms with Crippen LogP contribution in [0.25, 0.3) is 0 Å². The predicted octanol–water partition coefficient (Wildman–Crippen LogP) is 1.76. The Morgan fingerprint density at radius 3 is 2.74 bits per heavy atom. The summed E-state index contributed by atoms with van der Waals surface area (Å²) in [5.74, 6) is -0.762. The maximum absolute atomic E-state index is 11.3. The fourth-order valence-corrected chi connectivity index (χ4v) is 1.57. The van der Waals surface area contributed by atoms with Gasteiger partial charge in [0.25, 0.3) is 0 Å². The van der Waals surface area contributed by atoms with Crippen molar-refractivity contribution in [2.24, 2.45) is 0 Å². The number of aromatic nitrogens is 1. The zero-order valence-electron chi connectivity index (χ0n) is 10.6. The molecule has 0 aliphatic heterocycles. The van der Waals surface area contributed by atoms with Crippen molar-refractivity contribution < 1.29 is 14.7 Å². The number of aromatic carboxylic acids is 1. The van der Waals surface area contributed by atoms with E-state index in [2.05, 4.69) is 15.6 Å². The average molecular weight is 286 g/mol. The van der Waals surface area contributed by atoms with Gasteiger partial charge in [-0.15, -0.1) is 0 Å². The van der Waals surface area contributed by atoms with E-state index < -0.39 is 5.97 Å². The fraction of sp³-hybridized carbons (Fsp3) is 0.417. The Labute approximate surface area is 116 Å². The lowest BCUT2D eigenvalue weighted by Gasteiger charge is -2.08. The lowest BCUT2D eigenvalue weighted by atomic mass is 10.3. The number of hydrogen-bond acceptors (Lipinski definition) is 4. The number of anilines is 1. The van der Waals surface area contributed by atoms with Gasteiger partial charge in [0, 0.05) is 25.7 Å². The van der Waals surface area contributed by atoms with Gasteiger partial charge in [-0.1, -0.05) is 18.5 Å². The molecule has 19 heavy (non-hydrogen) atoms. The standard InChI is InChI=1S/C12H16ClN3O3/c1-2-4-14-10(17)3-5-15-11-9(13)6-8(7-16-11)12(18)19/h6-7H,2-5H2,1H3,(H,14,17)(H,15,16)(H,18,19). The number of rotatable bonds is 7. The molecule has 0 saturated heterocycles. The van der Waals surface area contributed by atoms with E-state index in [9.17, 15) is 9.59 Å². The summed E-state index contributed by atoms with van der Waals surface area (Å²) >= 11 is 5.88. The van der Waals surface area contributed by atoms with Crippen molar-refractivity contribution in [1.82, 2.24) is 10.3 Å². The number of carboxylic acids is 1. The van der Waals surface area contributed by atoms with Crippen molar-refractivity contribution in [3.8, 4) is 0 Å². The number of carboxylic acid groups (broad SMARTS) is 1. The first-order chi connectivity index (χ1) is 9.04. The summed E-state index contributed by atoms with van der Waals surface area (Å²) in [6, 6.07) is 1.32. The van der Waals surface area contributed by atoms with Crippen LogP contribution in [0, 0.1) is 0 Å². The minimum atomic E-state index is -1.08. The van der Waals surface area contributed by atoms with E-state index >= 15 is 0 Å². The Morgan fingerprint density at radius 1 is 1.42 bits per heavy atom. The van der Waals surface area contributed by atoms with Crippen molar-refractivity contribution in [2.75, 3.05) is 18.4 Å². The highest BCUT2D eigenvalue weighted by Gasteiger charge is 2.08. The third-order valence-corrected chi connectivity index (χ3v) is 2.59. The summed E-state index contributed by atoms with van der Waals surface area (Å²) in [6.07, 6.45) is 2.41. The van der Waals surface area contributed by atoms with Crippen molar-refractivity contribution in [1.29, 1.82) is 0 Å². The first kappa shape index (κ1) is 15.2. The molecule has 3 N–H and O–H groups in total. The number of nitrogens with zero attached hydrogens (tertiary/aromatic N) is 1. The molecule has 0 atom stereocenters. The van der Waals surface area contributed by atoms with E-state index in [4.69, 9.17) is 16.7 Å². The average Bonchev–Trinajstić information content (AvgIpc) is 2.38. The summed E-state index contributed by atoms with van der Waals surface area (Å²) < 4.78 is 0. The van der Waals surface area contributed by atoms with E-state index in [-0.39, 0.29) is 16.5 Å². The minimum absolute atomic E-state index is 0.0243. The van der Waals surface area contributed by atoms with E-state index in [1.54, 1.807) is 0 Å². The molecule has 1 aromatic rings. The number of nitrogens with one attached hydrogen (secondary N) is 2. The molecular formula is C12H16ClN3O3. The molecule has 6 nitrogen and oxygen atoms in total. The van der Waals surface area contributed by atoms with Gasteiger partial charge in [-0.25, -0.2) is 9.78 Å². The van der Waals surface area contributed by atoms with Crippen LogP contribution >= 0.6 is 11.6 Å². The van der Waals surface area contributed by atoms with E-state index in [0.717, 1.165) is 6.42 Å². The SMILES string of the molecule is CCCNC(=O)CCNc1ncc(C(=O)O)cc1Cl. The number of pyridine rings is 1. The molecule has 104 valence electrons. The third kappa shape index (κ3) is 5.13. The molecular weight excluding hydrogens is 270 g/mol. The Bertz CT molecular complexity index is 466. The molecule has 0 aromatic carbocycles. The van der Waals surface area contributed by atoms with E-state index in [1.807, 2.05) is 6.92 Å². The molecule has 1 amide bonds. The summed E-state index contributed by atoms with van der Waals surface area (Å²) in [7, 11) is 0. The maximum atomic E-state index is 11.3. The second kappa shape index (κ2) is 7.58. The molecule has 7 heteroatoms. The zero-order valence-corrected chi connectivity index (χ0v) is 11.3. The fourth-order valence-electron chi connectivity index (χ4n) is 1.33. The van der Waals surface area contributed by atoms with E-state index in [0.29, 0.717) is 25.3 Å². The summed E-state index contributed by atoms with van der Waals surface area (Å²) in [6.45, 7) is 3.02. The highest BCUT2D eigenvalue weighted by Crippen LogP contribution is 2.19. The van der Waals surface area contributed by atoms with Crippen LogP contribution in [-0.4, -0.2) is 35.1 Å². The number of amides is 1. The van der Waals surface area contributed by atoms with Crippen LogP contribution in [0.2, 0.25) is 5.02 Å². The largest absolute Gasteiger partial charge is 0.478 e. The van der Waals surface area contributed by atoms with Crippen LogP contribution in [-0.2, 0) is 4.79 Å². The van der Waals surface area contributed by atoms with Gasteiger partial charge in [0.05, 0.1) is 10.6 Å². The summed E-state index contributed by atoms with van der Waals surface area (Å²) in [5, 5.41) is 14.6. The van der Waals surface area contributed by atoms with Crippen molar-refractivity contribution in [3.05, 3.63) is 22.8 Å². The summed E-state index contributed by atoms with van der Waals surface area (Å²) in [5.41, 5.74) is 0.0243. The first-order valence-corrected chi connectivity index (χ1v) is 6.31. The Morgan fingerprint density at radius 2 is 2.16 bits per heavy atom. The second-order valence-corrected chi connectivity index (χ2v) is 4.29. The monoisotopic (exact) mass is 285 g/mol. The molecule has 1 aromatic heterocycles. The minimum Gasteiger partial charge on any atom is -0.478 e. The molecule has 0 aliphatic rings. The molecule has 1 heterocycles.